The van der Waals surface area contributed by atoms with E-state index in [1.807, 2.05) is 31.3 Å². The lowest BCUT2D eigenvalue weighted by Crippen LogP contribution is -2.12. The van der Waals surface area contributed by atoms with Gasteiger partial charge in [0.15, 0.2) is 17.3 Å². The molecule has 128 valence electrons. The Labute approximate surface area is 148 Å². The molecule has 8 nitrogen and oxygen atoms in total. The highest BCUT2D eigenvalue weighted by molar-refractivity contribution is 6.03. The Balaban J connectivity index is 1.54. The fraction of sp³-hybridized carbons (Fsp3) is 0.0556. The third kappa shape index (κ3) is 3.07. The van der Waals surface area contributed by atoms with Crippen molar-refractivity contribution in [2.75, 3.05) is 5.32 Å². The van der Waals surface area contributed by atoms with Crippen LogP contribution in [-0.2, 0) is 7.05 Å². The summed E-state index contributed by atoms with van der Waals surface area (Å²) >= 11 is 0. The zero-order valence-corrected chi connectivity index (χ0v) is 13.8. The van der Waals surface area contributed by atoms with E-state index >= 15 is 0 Å². The van der Waals surface area contributed by atoms with Crippen molar-refractivity contribution in [1.29, 1.82) is 0 Å². The first-order valence-corrected chi connectivity index (χ1v) is 7.83. The van der Waals surface area contributed by atoms with Crippen molar-refractivity contribution in [2.45, 2.75) is 0 Å². The quantitative estimate of drug-likeness (QED) is 0.610. The van der Waals surface area contributed by atoms with Crippen LogP contribution in [0.5, 0.6) is 0 Å². The molecule has 0 aliphatic rings. The van der Waals surface area contributed by atoms with Crippen LogP contribution < -0.4 is 5.32 Å². The first-order valence-electron chi connectivity index (χ1n) is 7.83. The molecule has 8 heteroatoms. The minimum absolute atomic E-state index is 0.188. The van der Waals surface area contributed by atoms with Gasteiger partial charge in [0, 0.05) is 42.3 Å². The highest BCUT2D eigenvalue weighted by Gasteiger charge is 2.14. The molecule has 0 aliphatic carbocycles. The van der Waals surface area contributed by atoms with Crippen LogP contribution in [0.2, 0.25) is 0 Å². The normalized spacial score (nSPS) is 10.7. The minimum atomic E-state index is -0.362. The van der Waals surface area contributed by atoms with E-state index < -0.39 is 0 Å². The van der Waals surface area contributed by atoms with E-state index in [4.69, 9.17) is 4.52 Å². The second-order valence-electron chi connectivity index (χ2n) is 5.62. The van der Waals surface area contributed by atoms with E-state index in [1.165, 1.54) is 0 Å². The van der Waals surface area contributed by atoms with Gasteiger partial charge in [0.2, 0.25) is 0 Å². The largest absolute Gasteiger partial charge is 0.355 e. The molecule has 0 saturated heterocycles. The third-order valence-electron chi connectivity index (χ3n) is 3.78. The van der Waals surface area contributed by atoms with Gasteiger partial charge < -0.3 is 14.4 Å². The maximum absolute atomic E-state index is 12.4. The topological polar surface area (TPSA) is 98.7 Å². The number of nitrogens with zero attached hydrogens (tertiary/aromatic N) is 5. The monoisotopic (exact) mass is 346 g/mol. The molecule has 1 aromatic carbocycles. The summed E-state index contributed by atoms with van der Waals surface area (Å²) in [5.74, 6) is 0.830. The lowest BCUT2D eigenvalue weighted by molar-refractivity contribution is 0.101. The summed E-state index contributed by atoms with van der Waals surface area (Å²) in [6.45, 7) is 0. The molecule has 0 spiro atoms. The number of rotatable bonds is 4. The van der Waals surface area contributed by atoms with E-state index in [0.29, 0.717) is 17.3 Å². The summed E-state index contributed by atoms with van der Waals surface area (Å²) in [5, 5.41) is 14.6. The van der Waals surface area contributed by atoms with Crippen LogP contribution in [0.1, 0.15) is 10.5 Å². The number of benzene rings is 1. The van der Waals surface area contributed by atoms with Crippen LogP contribution in [-0.4, -0.2) is 30.8 Å². The molecule has 0 bridgehead atoms. The van der Waals surface area contributed by atoms with Gasteiger partial charge in [0.1, 0.15) is 6.33 Å². The minimum Gasteiger partial charge on any atom is -0.355 e. The van der Waals surface area contributed by atoms with Gasteiger partial charge in [-0.2, -0.15) is 0 Å². The fourth-order valence-electron chi connectivity index (χ4n) is 2.50. The van der Waals surface area contributed by atoms with E-state index in [9.17, 15) is 4.79 Å². The molecule has 3 aromatic heterocycles. The predicted octanol–water partition coefficient (Wildman–Crippen LogP) is 2.78. The van der Waals surface area contributed by atoms with Crippen molar-refractivity contribution in [2.24, 2.45) is 7.05 Å². The molecule has 0 saturated carbocycles. The average molecular weight is 346 g/mol. The first-order chi connectivity index (χ1) is 12.7. The number of hydrogen-bond donors (Lipinski definition) is 1. The Morgan fingerprint density at radius 1 is 1.15 bits per heavy atom. The Bertz CT molecular complexity index is 1050. The number of aromatic nitrogens is 5. The SMILES string of the molecule is Cn1cnnc1-c1cccc(NC(=O)c2cc(-c3cccnc3)on2)c1. The van der Waals surface area contributed by atoms with Crippen molar-refractivity contribution >= 4 is 11.6 Å². The number of aryl methyl sites for hydroxylation is 1. The van der Waals surface area contributed by atoms with Crippen LogP contribution in [0, 0.1) is 0 Å². The number of hydrogen-bond acceptors (Lipinski definition) is 6. The summed E-state index contributed by atoms with van der Waals surface area (Å²) in [6.07, 6.45) is 4.93. The van der Waals surface area contributed by atoms with Crippen molar-refractivity contribution in [3.05, 3.63) is 66.9 Å². The average Bonchev–Trinajstić information content (AvgIpc) is 3.32. The van der Waals surface area contributed by atoms with E-state index in [0.717, 1.165) is 11.1 Å². The zero-order valence-electron chi connectivity index (χ0n) is 13.8. The second kappa shape index (κ2) is 6.60. The molecule has 4 rings (SSSR count). The molecule has 26 heavy (non-hydrogen) atoms. The van der Waals surface area contributed by atoms with Crippen molar-refractivity contribution < 1.29 is 9.32 Å². The molecule has 0 unspecified atom stereocenters. The molecule has 0 aliphatic heterocycles. The smallest absolute Gasteiger partial charge is 0.277 e. The second-order valence-corrected chi connectivity index (χ2v) is 5.62. The number of anilines is 1. The molecule has 4 aromatic rings. The molecule has 0 radical (unpaired) electrons. The summed E-state index contributed by atoms with van der Waals surface area (Å²) in [4.78, 5) is 16.5. The summed E-state index contributed by atoms with van der Waals surface area (Å²) < 4.78 is 7.04. The van der Waals surface area contributed by atoms with E-state index in [2.05, 4.69) is 25.7 Å². The van der Waals surface area contributed by atoms with Gasteiger partial charge in [0.25, 0.3) is 5.91 Å². The molecule has 0 atom stereocenters. The van der Waals surface area contributed by atoms with Crippen LogP contribution in [0.4, 0.5) is 5.69 Å². The highest BCUT2D eigenvalue weighted by Crippen LogP contribution is 2.22. The number of carbonyl (C=O) groups excluding carboxylic acids is 1. The Hall–Kier alpha value is -3.81. The fourth-order valence-corrected chi connectivity index (χ4v) is 2.50. The van der Waals surface area contributed by atoms with E-state index in [1.54, 1.807) is 41.5 Å². The van der Waals surface area contributed by atoms with Gasteiger partial charge in [0.05, 0.1) is 0 Å². The van der Waals surface area contributed by atoms with Gasteiger partial charge >= 0.3 is 0 Å². The molecule has 1 N–H and O–H groups in total. The summed E-state index contributed by atoms with van der Waals surface area (Å²) in [6, 6.07) is 12.6. The zero-order chi connectivity index (χ0) is 17.9. The van der Waals surface area contributed by atoms with Crippen molar-refractivity contribution in [3.63, 3.8) is 0 Å². The van der Waals surface area contributed by atoms with Gasteiger partial charge in [-0.25, -0.2) is 0 Å². The van der Waals surface area contributed by atoms with Gasteiger partial charge in [-0.1, -0.05) is 17.3 Å². The maximum Gasteiger partial charge on any atom is 0.277 e. The number of carbonyl (C=O) groups is 1. The Morgan fingerprint density at radius 2 is 2.04 bits per heavy atom. The lowest BCUT2D eigenvalue weighted by Gasteiger charge is -2.05. The number of nitrogens with one attached hydrogen (secondary N) is 1. The number of pyridine rings is 1. The van der Waals surface area contributed by atoms with Crippen molar-refractivity contribution in [1.82, 2.24) is 24.9 Å². The van der Waals surface area contributed by atoms with Gasteiger partial charge in [-0.15, -0.1) is 10.2 Å². The highest BCUT2D eigenvalue weighted by atomic mass is 16.5. The molecule has 3 heterocycles. The Morgan fingerprint density at radius 3 is 2.81 bits per heavy atom. The molecular formula is C18H14N6O2. The molecule has 0 fully saturated rings. The molecule has 1 amide bonds. The predicted molar refractivity (Wildman–Crippen MR) is 94.1 cm³/mol. The van der Waals surface area contributed by atoms with Crippen LogP contribution >= 0.6 is 0 Å². The molecular weight excluding hydrogens is 332 g/mol. The third-order valence-corrected chi connectivity index (χ3v) is 3.78. The van der Waals surface area contributed by atoms with Crippen LogP contribution in [0.3, 0.4) is 0 Å². The first kappa shape index (κ1) is 15.7. The standard InChI is InChI=1S/C18H14N6O2/c1-24-11-20-22-17(24)12-4-2-6-14(8-12)21-18(25)15-9-16(26-23-15)13-5-3-7-19-10-13/h2-11H,1H3,(H,21,25). The van der Waals surface area contributed by atoms with Crippen molar-refractivity contribution in [3.8, 4) is 22.7 Å². The summed E-state index contributed by atoms with van der Waals surface area (Å²) in [5.41, 5.74) is 2.41. The summed E-state index contributed by atoms with van der Waals surface area (Å²) in [7, 11) is 1.86. The van der Waals surface area contributed by atoms with Crippen LogP contribution in [0.25, 0.3) is 22.7 Å². The van der Waals surface area contributed by atoms with Gasteiger partial charge in [-0.3, -0.25) is 9.78 Å². The number of amides is 1. The maximum atomic E-state index is 12.4. The van der Waals surface area contributed by atoms with Gasteiger partial charge in [-0.05, 0) is 24.3 Å². The lowest BCUT2D eigenvalue weighted by atomic mass is 10.2. The van der Waals surface area contributed by atoms with Crippen LogP contribution in [0.15, 0.2) is 65.7 Å². The Kier molecular flexibility index (Phi) is 3.98. The van der Waals surface area contributed by atoms with E-state index in [-0.39, 0.29) is 11.6 Å².